The number of aryl methyl sites for hydroxylation is 2. The van der Waals surface area contributed by atoms with Crippen molar-refractivity contribution in [2.45, 2.75) is 45.4 Å². The Morgan fingerprint density at radius 2 is 2.08 bits per heavy atom. The molecule has 0 saturated carbocycles. The molecular weight excluding hydrogens is 156 g/mol. The highest BCUT2D eigenvalue weighted by Gasteiger charge is 2.13. The third-order valence-electron chi connectivity index (χ3n) is 3.17. The summed E-state index contributed by atoms with van der Waals surface area (Å²) in [6.07, 6.45) is 5.44. The first-order chi connectivity index (χ1) is 6.27. The quantitative estimate of drug-likeness (QED) is 0.524. The first-order valence-electron chi connectivity index (χ1n) is 5.37. The standard InChI is InChI=1S/C13H18/c1-10-7-8-12-6-4-3-5-11(2)13(12)9-10/h7-9,11H,3-6H2,1-2H3. The van der Waals surface area contributed by atoms with Gasteiger partial charge in [-0.05, 0) is 43.2 Å². The van der Waals surface area contributed by atoms with Crippen molar-refractivity contribution in [1.29, 1.82) is 0 Å². The van der Waals surface area contributed by atoms with Gasteiger partial charge in [0, 0.05) is 0 Å². The van der Waals surface area contributed by atoms with E-state index in [0.717, 1.165) is 5.92 Å². The van der Waals surface area contributed by atoms with Gasteiger partial charge in [-0.3, -0.25) is 0 Å². The van der Waals surface area contributed by atoms with Gasteiger partial charge in [0.15, 0.2) is 0 Å². The highest BCUT2D eigenvalue weighted by molar-refractivity contribution is 5.34. The van der Waals surface area contributed by atoms with E-state index in [2.05, 4.69) is 32.0 Å². The van der Waals surface area contributed by atoms with Crippen molar-refractivity contribution in [2.24, 2.45) is 0 Å². The first kappa shape index (κ1) is 8.80. The summed E-state index contributed by atoms with van der Waals surface area (Å²) in [6.45, 7) is 4.56. The number of hydrogen-bond acceptors (Lipinski definition) is 0. The Hall–Kier alpha value is -0.780. The lowest BCUT2D eigenvalue weighted by Crippen LogP contribution is -1.95. The Morgan fingerprint density at radius 3 is 2.92 bits per heavy atom. The second-order valence-electron chi connectivity index (χ2n) is 4.35. The Labute approximate surface area is 81.0 Å². The summed E-state index contributed by atoms with van der Waals surface area (Å²) in [5.41, 5.74) is 4.61. The molecule has 0 aliphatic heterocycles. The highest BCUT2D eigenvalue weighted by atomic mass is 14.2. The van der Waals surface area contributed by atoms with Crippen molar-refractivity contribution in [3.63, 3.8) is 0 Å². The topological polar surface area (TPSA) is 0 Å². The van der Waals surface area contributed by atoms with Gasteiger partial charge >= 0.3 is 0 Å². The Bertz CT molecular complexity index is 299. The van der Waals surface area contributed by atoms with E-state index in [0.29, 0.717) is 0 Å². The number of hydrogen-bond donors (Lipinski definition) is 0. The summed E-state index contributed by atoms with van der Waals surface area (Å²) in [5, 5.41) is 0. The van der Waals surface area contributed by atoms with Gasteiger partial charge in [-0.15, -0.1) is 0 Å². The molecular formula is C13H18. The largest absolute Gasteiger partial charge is 0.0590 e. The van der Waals surface area contributed by atoms with Crippen LogP contribution < -0.4 is 0 Å². The molecule has 0 nitrogen and oxygen atoms in total. The van der Waals surface area contributed by atoms with Crippen LogP contribution >= 0.6 is 0 Å². The van der Waals surface area contributed by atoms with Crippen molar-refractivity contribution < 1.29 is 0 Å². The number of fused-ring (bicyclic) bond motifs is 1. The van der Waals surface area contributed by atoms with Gasteiger partial charge in [0.1, 0.15) is 0 Å². The zero-order chi connectivity index (χ0) is 9.26. The maximum absolute atomic E-state index is 2.38. The molecule has 2 rings (SSSR count). The minimum atomic E-state index is 0.775. The van der Waals surface area contributed by atoms with Crippen LogP contribution in [0.15, 0.2) is 18.2 Å². The molecule has 0 bridgehead atoms. The molecule has 13 heavy (non-hydrogen) atoms. The van der Waals surface area contributed by atoms with Gasteiger partial charge in [0.25, 0.3) is 0 Å². The lowest BCUT2D eigenvalue weighted by molar-refractivity contribution is 0.635. The van der Waals surface area contributed by atoms with Gasteiger partial charge in [-0.2, -0.15) is 0 Å². The van der Waals surface area contributed by atoms with Crippen molar-refractivity contribution >= 4 is 0 Å². The van der Waals surface area contributed by atoms with Gasteiger partial charge in [0.2, 0.25) is 0 Å². The Balaban J connectivity index is 2.43. The van der Waals surface area contributed by atoms with Crippen LogP contribution in [0.1, 0.15) is 48.8 Å². The molecule has 70 valence electrons. The summed E-state index contributed by atoms with van der Waals surface area (Å²) >= 11 is 0. The molecule has 0 saturated heterocycles. The van der Waals surface area contributed by atoms with E-state index in [1.165, 1.54) is 31.2 Å². The summed E-state index contributed by atoms with van der Waals surface area (Å²) in [5.74, 6) is 0.775. The van der Waals surface area contributed by atoms with Crippen LogP contribution in [0, 0.1) is 6.92 Å². The third-order valence-corrected chi connectivity index (χ3v) is 3.17. The molecule has 0 fully saturated rings. The fourth-order valence-electron chi connectivity index (χ4n) is 2.32. The van der Waals surface area contributed by atoms with E-state index in [9.17, 15) is 0 Å². The second-order valence-corrected chi connectivity index (χ2v) is 4.35. The normalized spacial score (nSPS) is 22.2. The fourth-order valence-corrected chi connectivity index (χ4v) is 2.32. The predicted molar refractivity (Wildman–Crippen MR) is 57.1 cm³/mol. The van der Waals surface area contributed by atoms with Crippen LogP contribution in [0.2, 0.25) is 0 Å². The number of benzene rings is 1. The molecule has 0 amide bonds. The summed E-state index contributed by atoms with van der Waals surface area (Å²) in [7, 11) is 0. The molecule has 0 N–H and O–H groups in total. The summed E-state index contributed by atoms with van der Waals surface area (Å²) in [4.78, 5) is 0. The molecule has 0 spiro atoms. The van der Waals surface area contributed by atoms with E-state index in [1.54, 1.807) is 11.1 Å². The smallest absolute Gasteiger partial charge is 0.0188 e. The van der Waals surface area contributed by atoms with Gasteiger partial charge in [0.05, 0.1) is 0 Å². The monoisotopic (exact) mass is 174 g/mol. The van der Waals surface area contributed by atoms with E-state index in [-0.39, 0.29) is 0 Å². The minimum absolute atomic E-state index is 0.775. The molecule has 0 heteroatoms. The van der Waals surface area contributed by atoms with Crippen LogP contribution in [-0.2, 0) is 6.42 Å². The maximum atomic E-state index is 2.38. The predicted octanol–water partition coefficient (Wildman–Crippen LogP) is 3.82. The van der Waals surface area contributed by atoms with E-state index < -0.39 is 0 Å². The minimum Gasteiger partial charge on any atom is -0.0590 e. The molecule has 1 unspecified atom stereocenters. The van der Waals surface area contributed by atoms with Crippen LogP contribution in [-0.4, -0.2) is 0 Å². The van der Waals surface area contributed by atoms with Crippen molar-refractivity contribution in [1.82, 2.24) is 0 Å². The SMILES string of the molecule is Cc1ccc2c(c1)C(C)CCCC2. The molecule has 0 radical (unpaired) electrons. The summed E-state index contributed by atoms with van der Waals surface area (Å²) in [6, 6.07) is 6.95. The van der Waals surface area contributed by atoms with Crippen LogP contribution in [0.5, 0.6) is 0 Å². The maximum Gasteiger partial charge on any atom is -0.0188 e. The average molecular weight is 174 g/mol. The Morgan fingerprint density at radius 1 is 1.23 bits per heavy atom. The zero-order valence-electron chi connectivity index (χ0n) is 8.64. The lowest BCUT2D eigenvalue weighted by atomic mass is 9.93. The Kier molecular flexibility index (Phi) is 2.39. The second kappa shape index (κ2) is 3.53. The van der Waals surface area contributed by atoms with E-state index in [4.69, 9.17) is 0 Å². The van der Waals surface area contributed by atoms with Crippen molar-refractivity contribution in [3.05, 3.63) is 34.9 Å². The lowest BCUT2D eigenvalue weighted by Gasteiger charge is -2.12. The molecule has 1 aromatic rings. The number of rotatable bonds is 0. The highest BCUT2D eigenvalue weighted by Crippen LogP contribution is 2.30. The molecule has 1 aromatic carbocycles. The molecule has 1 aliphatic carbocycles. The van der Waals surface area contributed by atoms with Gasteiger partial charge in [-0.1, -0.05) is 37.1 Å². The van der Waals surface area contributed by atoms with Crippen molar-refractivity contribution in [2.75, 3.05) is 0 Å². The summed E-state index contributed by atoms with van der Waals surface area (Å²) < 4.78 is 0. The van der Waals surface area contributed by atoms with Gasteiger partial charge < -0.3 is 0 Å². The van der Waals surface area contributed by atoms with Crippen molar-refractivity contribution in [3.8, 4) is 0 Å². The average Bonchev–Trinajstić information content (AvgIpc) is 2.29. The van der Waals surface area contributed by atoms with E-state index >= 15 is 0 Å². The van der Waals surface area contributed by atoms with Crippen LogP contribution in [0.25, 0.3) is 0 Å². The van der Waals surface area contributed by atoms with Gasteiger partial charge in [-0.25, -0.2) is 0 Å². The zero-order valence-corrected chi connectivity index (χ0v) is 8.64. The fraction of sp³-hybridized carbons (Fsp3) is 0.538. The van der Waals surface area contributed by atoms with E-state index in [1.807, 2.05) is 0 Å². The molecule has 1 atom stereocenters. The van der Waals surface area contributed by atoms with Crippen LogP contribution in [0.4, 0.5) is 0 Å². The van der Waals surface area contributed by atoms with Crippen LogP contribution in [0.3, 0.4) is 0 Å². The molecule has 0 aromatic heterocycles. The third kappa shape index (κ3) is 1.77. The molecule has 0 heterocycles. The first-order valence-corrected chi connectivity index (χ1v) is 5.37. The molecule has 1 aliphatic rings.